The van der Waals surface area contributed by atoms with Crippen molar-refractivity contribution in [2.45, 2.75) is 32.2 Å². The van der Waals surface area contributed by atoms with Crippen LogP contribution >= 0.6 is 0 Å². The maximum absolute atomic E-state index is 10.7. The van der Waals surface area contributed by atoms with Crippen LogP contribution in [0.1, 0.15) is 30.9 Å². The first-order valence-corrected chi connectivity index (χ1v) is 5.36. The van der Waals surface area contributed by atoms with Gasteiger partial charge in [-0.2, -0.15) is 0 Å². The number of nitrogens with two attached hydrogens (primary N) is 1. The lowest BCUT2D eigenvalue weighted by molar-refractivity contribution is -0.138. The quantitative estimate of drug-likeness (QED) is 0.590. The molecule has 0 spiro atoms. The minimum absolute atomic E-state index is 0.0295. The molecule has 0 bridgehead atoms. The van der Waals surface area contributed by atoms with Gasteiger partial charge in [-0.25, -0.2) is 0 Å². The first-order chi connectivity index (χ1) is 7.84. The highest BCUT2D eigenvalue weighted by Gasteiger charge is 2.19. The Balaban J connectivity index is 3.16. The number of phenolic OH excluding ortho intramolecular Hbond substituents is 2. The fraction of sp³-hybridized carbons (Fsp3) is 0.417. The van der Waals surface area contributed by atoms with Gasteiger partial charge in [-0.05, 0) is 24.0 Å². The van der Waals surface area contributed by atoms with Gasteiger partial charge in [0, 0.05) is 5.56 Å². The van der Waals surface area contributed by atoms with Crippen molar-refractivity contribution in [3.05, 3.63) is 23.3 Å². The van der Waals surface area contributed by atoms with Crippen molar-refractivity contribution >= 4 is 5.97 Å². The van der Waals surface area contributed by atoms with Crippen molar-refractivity contribution < 1.29 is 20.1 Å². The number of hydrogen-bond donors (Lipinski definition) is 4. The highest BCUT2D eigenvalue weighted by Crippen LogP contribution is 2.36. The van der Waals surface area contributed by atoms with Crippen molar-refractivity contribution in [1.82, 2.24) is 0 Å². The number of aliphatic carboxylic acids is 1. The molecule has 17 heavy (non-hydrogen) atoms. The number of benzene rings is 1. The first kappa shape index (κ1) is 13.3. The number of phenols is 2. The minimum Gasteiger partial charge on any atom is -0.504 e. The highest BCUT2D eigenvalue weighted by atomic mass is 16.4. The molecule has 94 valence electrons. The maximum Gasteiger partial charge on any atom is 0.320 e. The Bertz CT molecular complexity index is 429. The van der Waals surface area contributed by atoms with Crippen molar-refractivity contribution in [3.8, 4) is 11.5 Å². The predicted molar refractivity (Wildman–Crippen MR) is 63.2 cm³/mol. The van der Waals surface area contributed by atoms with Crippen molar-refractivity contribution in [1.29, 1.82) is 0 Å². The standard InChI is InChI=1S/C12H17NO4/c1-6(2)10-7(5-8(13)12(16)17)3-4-9(14)11(10)15/h3-4,6,8,14-15H,5,13H2,1-2H3,(H,16,17). The summed E-state index contributed by atoms with van der Waals surface area (Å²) < 4.78 is 0. The molecule has 1 aromatic rings. The Morgan fingerprint density at radius 2 is 1.94 bits per heavy atom. The molecule has 5 nitrogen and oxygen atoms in total. The van der Waals surface area contributed by atoms with Gasteiger partial charge < -0.3 is 21.1 Å². The van der Waals surface area contributed by atoms with Crippen LogP contribution in [0.3, 0.4) is 0 Å². The van der Waals surface area contributed by atoms with E-state index in [4.69, 9.17) is 10.8 Å². The average Bonchev–Trinajstić information content (AvgIpc) is 2.22. The Labute approximate surface area is 99.5 Å². The van der Waals surface area contributed by atoms with Crippen LogP contribution in [0.15, 0.2) is 12.1 Å². The summed E-state index contributed by atoms with van der Waals surface area (Å²) in [4.78, 5) is 10.7. The van der Waals surface area contributed by atoms with Crippen LogP contribution in [0.25, 0.3) is 0 Å². The zero-order chi connectivity index (χ0) is 13.2. The third kappa shape index (κ3) is 2.88. The second-order valence-electron chi connectivity index (χ2n) is 4.31. The Morgan fingerprint density at radius 1 is 1.35 bits per heavy atom. The van der Waals surface area contributed by atoms with Gasteiger partial charge >= 0.3 is 5.97 Å². The second-order valence-corrected chi connectivity index (χ2v) is 4.31. The smallest absolute Gasteiger partial charge is 0.320 e. The normalized spacial score (nSPS) is 12.7. The van der Waals surface area contributed by atoms with Crippen molar-refractivity contribution in [2.75, 3.05) is 0 Å². The molecule has 0 heterocycles. The molecule has 5 heteroatoms. The molecule has 1 unspecified atom stereocenters. The molecular weight excluding hydrogens is 222 g/mol. The molecule has 1 rings (SSSR count). The van der Waals surface area contributed by atoms with Gasteiger partial charge in [0.1, 0.15) is 6.04 Å². The number of carbonyl (C=O) groups is 1. The summed E-state index contributed by atoms with van der Waals surface area (Å²) in [6.07, 6.45) is 0.122. The zero-order valence-electron chi connectivity index (χ0n) is 9.84. The van der Waals surface area contributed by atoms with Crippen LogP contribution < -0.4 is 5.73 Å². The van der Waals surface area contributed by atoms with E-state index in [0.717, 1.165) is 0 Å². The molecule has 1 atom stereocenters. The molecule has 0 fully saturated rings. The number of carboxylic acids is 1. The van der Waals surface area contributed by atoms with Crippen LogP contribution in [-0.2, 0) is 11.2 Å². The third-order valence-electron chi connectivity index (χ3n) is 2.62. The summed E-state index contributed by atoms with van der Waals surface area (Å²) in [5.41, 5.74) is 6.65. The first-order valence-electron chi connectivity index (χ1n) is 5.36. The summed E-state index contributed by atoms with van der Waals surface area (Å²) >= 11 is 0. The van der Waals surface area contributed by atoms with E-state index in [1.54, 1.807) is 6.07 Å². The summed E-state index contributed by atoms with van der Waals surface area (Å²) in [5, 5.41) is 27.9. The topological polar surface area (TPSA) is 104 Å². The van der Waals surface area contributed by atoms with Crippen LogP contribution in [0.5, 0.6) is 11.5 Å². The number of aromatic hydroxyl groups is 2. The van der Waals surface area contributed by atoms with E-state index in [0.29, 0.717) is 11.1 Å². The molecule has 0 amide bonds. The van der Waals surface area contributed by atoms with Gasteiger partial charge in [-0.1, -0.05) is 19.9 Å². The molecule has 0 aliphatic heterocycles. The van der Waals surface area contributed by atoms with Gasteiger partial charge in [0.15, 0.2) is 11.5 Å². The molecule has 0 aliphatic carbocycles. The van der Waals surface area contributed by atoms with E-state index < -0.39 is 12.0 Å². The van der Waals surface area contributed by atoms with Gasteiger partial charge in [0.25, 0.3) is 0 Å². The van der Waals surface area contributed by atoms with Gasteiger partial charge in [-0.15, -0.1) is 0 Å². The fourth-order valence-corrected chi connectivity index (χ4v) is 1.78. The third-order valence-corrected chi connectivity index (χ3v) is 2.62. The predicted octanol–water partition coefficient (Wildman–Crippen LogP) is 1.18. The minimum atomic E-state index is -1.09. The van der Waals surface area contributed by atoms with Gasteiger partial charge in [0.05, 0.1) is 0 Å². The molecule has 0 aromatic heterocycles. The van der Waals surface area contributed by atoms with E-state index >= 15 is 0 Å². The van der Waals surface area contributed by atoms with Gasteiger partial charge in [-0.3, -0.25) is 4.79 Å². The fourth-order valence-electron chi connectivity index (χ4n) is 1.78. The Hall–Kier alpha value is -1.75. The van der Waals surface area contributed by atoms with Crippen LogP contribution in [0, 0.1) is 0 Å². The van der Waals surface area contributed by atoms with E-state index in [-0.39, 0.29) is 23.8 Å². The number of rotatable bonds is 4. The average molecular weight is 239 g/mol. The van der Waals surface area contributed by atoms with E-state index in [1.807, 2.05) is 13.8 Å². The number of carboxylic acid groups (broad SMARTS) is 1. The summed E-state index contributed by atoms with van der Waals surface area (Å²) in [7, 11) is 0. The highest BCUT2D eigenvalue weighted by molar-refractivity contribution is 5.73. The van der Waals surface area contributed by atoms with Crippen LogP contribution in [-0.4, -0.2) is 27.3 Å². The van der Waals surface area contributed by atoms with E-state index in [9.17, 15) is 15.0 Å². The molecule has 0 radical (unpaired) electrons. The summed E-state index contributed by atoms with van der Waals surface area (Å²) in [5.74, 6) is -1.53. The second kappa shape index (κ2) is 5.05. The zero-order valence-corrected chi connectivity index (χ0v) is 9.84. The van der Waals surface area contributed by atoms with E-state index in [2.05, 4.69) is 0 Å². The molecule has 1 aromatic carbocycles. The lowest BCUT2D eigenvalue weighted by atomic mass is 9.92. The SMILES string of the molecule is CC(C)c1c(CC(N)C(=O)O)ccc(O)c1O. The largest absolute Gasteiger partial charge is 0.504 e. The summed E-state index contributed by atoms with van der Waals surface area (Å²) in [6, 6.07) is 1.91. The lowest BCUT2D eigenvalue weighted by Gasteiger charge is -2.17. The van der Waals surface area contributed by atoms with E-state index in [1.165, 1.54) is 6.07 Å². The maximum atomic E-state index is 10.7. The lowest BCUT2D eigenvalue weighted by Crippen LogP contribution is -2.32. The Kier molecular flexibility index (Phi) is 3.96. The molecular formula is C12H17NO4. The summed E-state index contributed by atoms with van der Waals surface area (Å²) in [6.45, 7) is 3.70. The Morgan fingerprint density at radius 3 is 2.41 bits per heavy atom. The van der Waals surface area contributed by atoms with Crippen molar-refractivity contribution in [2.24, 2.45) is 5.73 Å². The van der Waals surface area contributed by atoms with Gasteiger partial charge in [0.2, 0.25) is 0 Å². The van der Waals surface area contributed by atoms with Crippen molar-refractivity contribution in [3.63, 3.8) is 0 Å². The van der Waals surface area contributed by atoms with Crippen LogP contribution in [0.2, 0.25) is 0 Å². The number of hydrogen-bond acceptors (Lipinski definition) is 4. The molecule has 0 aliphatic rings. The van der Waals surface area contributed by atoms with Crippen LogP contribution in [0.4, 0.5) is 0 Å². The molecule has 5 N–H and O–H groups in total. The molecule has 0 saturated heterocycles. The monoisotopic (exact) mass is 239 g/mol. The molecule has 0 saturated carbocycles.